The van der Waals surface area contributed by atoms with Gasteiger partial charge in [-0.3, -0.25) is 4.90 Å². The van der Waals surface area contributed by atoms with Gasteiger partial charge >= 0.3 is 0 Å². The first-order chi connectivity index (χ1) is 17.1. The minimum Gasteiger partial charge on any atom is -0.371 e. The van der Waals surface area contributed by atoms with E-state index in [1.165, 1.54) is 23.1 Å². The van der Waals surface area contributed by atoms with Crippen LogP contribution in [-0.4, -0.2) is 54.6 Å². The standard InChI is InChI=1S/C15H18F2N2.C13H16F2N2/c1-10-7-12-11-5-3-4-6-13(11)18-14(12)8-19(10)9-15(2,16)17;14-10-5-11(15)7-12(6-10)17-3-1-13(2-4-17)8-16-9-13/h3-6,10,18H,7-9H2,1-2H3;5-7,16H,1-4,8-9H2. The molecule has 4 nitrogen and oxygen atoms in total. The molecule has 1 aromatic heterocycles. The van der Waals surface area contributed by atoms with E-state index in [4.69, 9.17) is 0 Å². The third-order valence-corrected chi connectivity index (χ3v) is 7.90. The summed E-state index contributed by atoms with van der Waals surface area (Å²) in [7, 11) is 0. The molecule has 3 aromatic rings. The number of piperidine rings is 1. The summed E-state index contributed by atoms with van der Waals surface area (Å²) >= 11 is 0. The van der Waals surface area contributed by atoms with Crippen LogP contribution in [0.5, 0.6) is 0 Å². The number of para-hydroxylation sites is 1. The SMILES string of the molecule is CC1Cc2c([nH]c3ccccc23)CN1CC(C)(F)F.Fc1cc(F)cc(N2CCC3(CC2)CNC3)c1. The van der Waals surface area contributed by atoms with Crippen LogP contribution in [0.2, 0.25) is 0 Å². The fraction of sp³-hybridized carbons (Fsp3) is 0.500. The van der Waals surface area contributed by atoms with E-state index in [9.17, 15) is 17.6 Å². The first-order valence-electron chi connectivity index (χ1n) is 12.7. The Kier molecular flexibility index (Phi) is 6.76. The van der Waals surface area contributed by atoms with Crippen LogP contribution in [0.4, 0.5) is 23.2 Å². The summed E-state index contributed by atoms with van der Waals surface area (Å²) in [4.78, 5) is 7.30. The quantitative estimate of drug-likeness (QED) is 0.450. The second-order valence-electron chi connectivity index (χ2n) is 10.9. The lowest BCUT2D eigenvalue weighted by molar-refractivity contribution is -0.0293. The lowest BCUT2D eigenvalue weighted by atomic mass is 9.73. The molecule has 0 bridgehead atoms. The number of H-pyrrole nitrogens is 1. The average Bonchev–Trinajstić information content (AvgIpc) is 3.14. The van der Waals surface area contributed by atoms with Crippen molar-refractivity contribution in [2.75, 3.05) is 37.6 Å². The lowest BCUT2D eigenvalue weighted by Crippen LogP contribution is -2.58. The Bertz CT molecular complexity index is 1180. The van der Waals surface area contributed by atoms with Crippen molar-refractivity contribution in [1.82, 2.24) is 15.2 Å². The van der Waals surface area contributed by atoms with Gasteiger partial charge in [-0.05, 0) is 55.4 Å². The molecule has 2 saturated heterocycles. The third kappa shape index (κ3) is 5.39. The fourth-order valence-corrected chi connectivity index (χ4v) is 5.77. The van der Waals surface area contributed by atoms with E-state index in [-0.39, 0.29) is 12.6 Å². The maximum atomic E-state index is 13.2. The molecule has 0 amide bonds. The molecule has 4 heterocycles. The van der Waals surface area contributed by atoms with Crippen LogP contribution in [0.15, 0.2) is 42.5 Å². The van der Waals surface area contributed by atoms with Crippen LogP contribution in [0.3, 0.4) is 0 Å². The number of fused-ring (bicyclic) bond motifs is 3. The van der Waals surface area contributed by atoms with Gasteiger partial charge in [0.2, 0.25) is 0 Å². The van der Waals surface area contributed by atoms with Crippen LogP contribution in [0.1, 0.15) is 37.9 Å². The summed E-state index contributed by atoms with van der Waals surface area (Å²) in [5, 5.41) is 4.53. The van der Waals surface area contributed by atoms with E-state index < -0.39 is 17.6 Å². The van der Waals surface area contributed by atoms with Crippen molar-refractivity contribution in [3.05, 3.63) is 65.4 Å². The monoisotopic (exact) mass is 502 g/mol. The molecule has 2 aromatic carbocycles. The Morgan fingerprint density at radius 2 is 1.69 bits per heavy atom. The number of nitrogens with one attached hydrogen (secondary N) is 2. The highest BCUT2D eigenvalue weighted by Crippen LogP contribution is 2.36. The Morgan fingerprint density at radius 3 is 2.31 bits per heavy atom. The van der Waals surface area contributed by atoms with Gasteiger partial charge in [-0.15, -0.1) is 0 Å². The second kappa shape index (κ2) is 9.71. The van der Waals surface area contributed by atoms with E-state index >= 15 is 0 Å². The highest BCUT2D eigenvalue weighted by molar-refractivity contribution is 5.84. The third-order valence-electron chi connectivity index (χ3n) is 7.90. The minimum atomic E-state index is -2.64. The number of benzene rings is 2. The Hall–Kier alpha value is -2.58. The smallest absolute Gasteiger partial charge is 0.257 e. The number of anilines is 1. The molecule has 3 aliphatic heterocycles. The van der Waals surface area contributed by atoms with Crippen molar-refractivity contribution < 1.29 is 17.6 Å². The Balaban J connectivity index is 0.000000149. The minimum absolute atomic E-state index is 0.150. The van der Waals surface area contributed by atoms with Crippen molar-refractivity contribution >= 4 is 16.6 Å². The zero-order valence-corrected chi connectivity index (χ0v) is 20.9. The van der Waals surface area contributed by atoms with Crippen LogP contribution in [0, 0.1) is 17.0 Å². The lowest BCUT2D eigenvalue weighted by Gasteiger charge is -2.48. The number of aromatic amines is 1. The summed E-state index contributed by atoms with van der Waals surface area (Å²) in [5.41, 5.74) is 4.61. The zero-order valence-electron chi connectivity index (χ0n) is 20.9. The maximum absolute atomic E-state index is 13.2. The van der Waals surface area contributed by atoms with Gasteiger partial charge in [0.25, 0.3) is 5.92 Å². The Labute approximate surface area is 209 Å². The van der Waals surface area contributed by atoms with Crippen molar-refractivity contribution in [1.29, 1.82) is 0 Å². The molecule has 0 saturated carbocycles. The molecule has 6 rings (SSSR count). The van der Waals surface area contributed by atoms with Crippen molar-refractivity contribution in [2.24, 2.45) is 5.41 Å². The number of rotatable bonds is 3. The number of aromatic nitrogens is 1. The van der Waals surface area contributed by atoms with E-state index in [1.54, 1.807) is 0 Å². The van der Waals surface area contributed by atoms with Crippen molar-refractivity contribution in [2.45, 2.75) is 51.6 Å². The molecule has 0 aliphatic carbocycles. The molecule has 1 spiro atoms. The highest BCUT2D eigenvalue weighted by atomic mass is 19.3. The van der Waals surface area contributed by atoms with Gasteiger partial charge in [-0.25, -0.2) is 17.6 Å². The summed E-state index contributed by atoms with van der Waals surface area (Å²) < 4.78 is 52.7. The molecule has 0 radical (unpaired) electrons. The molecule has 194 valence electrons. The predicted molar refractivity (Wildman–Crippen MR) is 136 cm³/mol. The van der Waals surface area contributed by atoms with Crippen molar-refractivity contribution in [3.63, 3.8) is 0 Å². The van der Waals surface area contributed by atoms with E-state index in [1.807, 2.05) is 30.0 Å². The van der Waals surface area contributed by atoms with E-state index in [0.717, 1.165) is 69.6 Å². The topological polar surface area (TPSA) is 34.3 Å². The van der Waals surface area contributed by atoms with Gasteiger partial charge in [-0.2, -0.15) is 0 Å². The fourth-order valence-electron chi connectivity index (χ4n) is 5.77. The van der Waals surface area contributed by atoms with Gasteiger partial charge in [0.1, 0.15) is 11.6 Å². The summed E-state index contributed by atoms with van der Waals surface area (Å²) in [5.74, 6) is -3.63. The largest absolute Gasteiger partial charge is 0.371 e. The molecular weight excluding hydrogens is 468 g/mol. The highest BCUT2D eigenvalue weighted by Gasteiger charge is 2.39. The molecule has 2 fully saturated rings. The molecule has 1 atom stereocenters. The van der Waals surface area contributed by atoms with Gasteiger partial charge in [-0.1, -0.05) is 18.2 Å². The van der Waals surface area contributed by atoms with E-state index in [0.29, 0.717) is 17.6 Å². The number of nitrogens with zero attached hydrogens (tertiary/aromatic N) is 2. The van der Waals surface area contributed by atoms with Gasteiger partial charge < -0.3 is 15.2 Å². The number of hydrogen-bond donors (Lipinski definition) is 2. The van der Waals surface area contributed by atoms with Crippen LogP contribution >= 0.6 is 0 Å². The van der Waals surface area contributed by atoms with Crippen LogP contribution < -0.4 is 10.2 Å². The summed E-state index contributed by atoms with van der Waals surface area (Å²) in [6, 6.07) is 12.1. The predicted octanol–water partition coefficient (Wildman–Crippen LogP) is 5.72. The van der Waals surface area contributed by atoms with Crippen LogP contribution in [-0.2, 0) is 13.0 Å². The average molecular weight is 503 g/mol. The zero-order chi connectivity index (χ0) is 25.5. The molecule has 36 heavy (non-hydrogen) atoms. The van der Waals surface area contributed by atoms with Crippen LogP contribution in [0.25, 0.3) is 10.9 Å². The number of hydrogen-bond acceptors (Lipinski definition) is 3. The second-order valence-corrected chi connectivity index (χ2v) is 10.9. The van der Waals surface area contributed by atoms with Gasteiger partial charge in [0.05, 0.1) is 6.54 Å². The first kappa shape index (κ1) is 25.1. The van der Waals surface area contributed by atoms with Gasteiger partial charge in [0, 0.05) is 74.0 Å². The van der Waals surface area contributed by atoms with E-state index in [2.05, 4.69) is 21.3 Å². The molecular formula is C28H34F4N4. The number of halogens is 4. The first-order valence-corrected chi connectivity index (χ1v) is 12.7. The maximum Gasteiger partial charge on any atom is 0.257 e. The molecule has 1 unspecified atom stereocenters. The Morgan fingerprint density at radius 1 is 1.03 bits per heavy atom. The summed E-state index contributed by atoms with van der Waals surface area (Å²) in [6.45, 7) is 7.39. The molecule has 8 heteroatoms. The molecule has 3 aliphatic rings. The normalized spacial score (nSPS) is 21.6. The number of alkyl halides is 2. The molecule has 2 N–H and O–H groups in total. The van der Waals surface area contributed by atoms with Gasteiger partial charge in [0.15, 0.2) is 0 Å². The summed E-state index contributed by atoms with van der Waals surface area (Å²) in [6.07, 6.45) is 3.05. The van der Waals surface area contributed by atoms with Crippen molar-refractivity contribution in [3.8, 4) is 0 Å².